The van der Waals surface area contributed by atoms with Gasteiger partial charge in [-0.05, 0) is 24.3 Å². The number of methoxy groups -OCH3 is 1. The highest BCUT2D eigenvalue weighted by Gasteiger charge is 2.36. The number of amides is 3. The highest BCUT2D eigenvalue weighted by atomic mass is 32.1. The summed E-state index contributed by atoms with van der Waals surface area (Å²) in [6.45, 7) is -0.415. The van der Waals surface area contributed by atoms with Crippen LogP contribution in [0.5, 0.6) is 5.75 Å². The molecule has 3 amide bonds. The smallest absolute Gasteiger partial charge is 0.262 e. The zero-order valence-electron chi connectivity index (χ0n) is 16.2. The lowest BCUT2D eigenvalue weighted by molar-refractivity contribution is -0.116. The fraction of sp³-hybridized carbons (Fsp3) is 0.0952. The molecule has 0 atom stereocenters. The second kappa shape index (κ2) is 7.33. The van der Waals surface area contributed by atoms with E-state index in [-0.39, 0.29) is 5.95 Å². The number of aromatic nitrogens is 3. The first kappa shape index (κ1) is 18.9. The molecule has 0 spiro atoms. The number of benzene rings is 2. The van der Waals surface area contributed by atoms with Crippen molar-refractivity contribution in [1.82, 2.24) is 19.5 Å². The molecule has 3 heterocycles. The van der Waals surface area contributed by atoms with Gasteiger partial charge in [0.1, 0.15) is 12.3 Å². The minimum atomic E-state index is -0.560. The number of thiazole rings is 1. The Kier molecular flexibility index (Phi) is 4.48. The minimum Gasteiger partial charge on any atom is -0.497 e. The molecule has 1 aliphatic heterocycles. The molecular formula is C21H15N5O4S. The van der Waals surface area contributed by atoms with Crippen LogP contribution in [0.2, 0.25) is 0 Å². The van der Waals surface area contributed by atoms with E-state index in [1.54, 1.807) is 35.9 Å². The average Bonchev–Trinajstić information content (AvgIpc) is 3.42. The topological polar surface area (TPSA) is 106 Å². The molecule has 0 saturated carbocycles. The summed E-state index contributed by atoms with van der Waals surface area (Å²) >= 11 is 1.37. The van der Waals surface area contributed by atoms with E-state index in [1.807, 2.05) is 29.6 Å². The fourth-order valence-corrected chi connectivity index (χ4v) is 4.24. The van der Waals surface area contributed by atoms with Crippen LogP contribution in [-0.4, -0.2) is 50.9 Å². The second-order valence-electron chi connectivity index (χ2n) is 6.77. The largest absolute Gasteiger partial charge is 0.497 e. The maximum absolute atomic E-state index is 12.5. The summed E-state index contributed by atoms with van der Waals surface area (Å²) in [5.74, 6) is -0.732. The van der Waals surface area contributed by atoms with Crippen molar-refractivity contribution in [3.8, 4) is 17.0 Å². The van der Waals surface area contributed by atoms with Crippen molar-refractivity contribution < 1.29 is 19.1 Å². The van der Waals surface area contributed by atoms with Crippen molar-refractivity contribution in [1.29, 1.82) is 0 Å². The molecule has 0 unspecified atom stereocenters. The summed E-state index contributed by atoms with van der Waals surface area (Å²) in [6, 6.07) is 14.0. The summed E-state index contributed by atoms with van der Waals surface area (Å²) in [5.41, 5.74) is 2.28. The molecule has 2 aromatic heterocycles. The average molecular weight is 433 g/mol. The fourth-order valence-electron chi connectivity index (χ4n) is 3.41. The number of hydrogen-bond donors (Lipinski definition) is 1. The Morgan fingerprint density at radius 3 is 2.55 bits per heavy atom. The Morgan fingerprint density at radius 2 is 1.84 bits per heavy atom. The number of hydrogen-bond acceptors (Lipinski definition) is 7. The van der Waals surface area contributed by atoms with Crippen molar-refractivity contribution in [3.05, 3.63) is 65.0 Å². The molecule has 0 bridgehead atoms. The van der Waals surface area contributed by atoms with Crippen molar-refractivity contribution in [2.45, 2.75) is 0 Å². The van der Waals surface area contributed by atoms with E-state index in [9.17, 15) is 14.4 Å². The third kappa shape index (κ3) is 3.22. The highest BCUT2D eigenvalue weighted by Crippen LogP contribution is 2.28. The molecule has 1 N–H and O–H groups in total. The van der Waals surface area contributed by atoms with Crippen LogP contribution in [0.15, 0.2) is 53.9 Å². The zero-order chi connectivity index (χ0) is 21.5. The van der Waals surface area contributed by atoms with Gasteiger partial charge in [0.25, 0.3) is 17.8 Å². The van der Waals surface area contributed by atoms with E-state index in [1.165, 1.54) is 11.3 Å². The highest BCUT2D eigenvalue weighted by molar-refractivity contribution is 7.15. The van der Waals surface area contributed by atoms with Crippen LogP contribution < -0.4 is 10.1 Å². The number of nitrogens with one attached hydrogen (secondary N) is 1. The Labute approximate surface area is 179 Å². The molecule has 10 heteroatoms. The monoisotopic (exact) mass is 433 g/mol. The Balaban J connectivity index is 1.34. The van der Waals surface area contributed by atoms with E-state index in [0.717, 1.165) is 16.2 Å². The lowest BCUT2D eigenvalue weighted by atomic mass is 10.1. The van der Waals surface area contributed by atoms with Gasteiger partial charge >= 0.3 is 0 Å². The Bertz CT molecular complexity index is 1320. The molecule has 0 fully saturated rings. The first-order chi connectivity index (χ1) is 15.0. The molecule has 5 rings (SSSR count). The molecular weight excluding hydrogens is 418 g/mol. The minimum absolute atomic E-state index is 0.0950. The van der Waals surface area contributed by atoms with E-state index >= 15 is 0 Å². The van der Waals surface area contributed by atoms with Crippen LogP contribution in [-0.2, 0) is 4.79 Å². The standard InChI is InChI=1S/C21H15N5O4S/c1-30-13-6-4-5-12(9-13)16-11-31-21-23-20(24-26(16)21)22-17(27)10-25-18(28)14-7-2-3-8-15(14)19(25)29/h2-9,11H,10H2,1H3,(H,22,24,27). The van der Waals surface area contributed by atoms with Gasteiger partial charge in [0.2, 0.25) is 10.9 Å². The van der Waals surface area contributed by atoms with Crippen LogP contribution >= 0.6 is 11.3 Å². The predicted molar refractivity (Wildman–Crippen MR) is 113 cm³/mol. The van der Waals surface area contributed by atoms with Crippen LogP contribution in [0.25, 0.3) is 16.2 Å². The number of carbonyl (C=O) groups is 3. The van der Waals surface area contributed by atoms with Crippen molar-refractivity contribution in [2.75, 3.05) is 19.0 Å². The summed E-state index contributed by atoms with van der Waals surface area (Å²) < 4.78 is 6.89. The van der Waals surface area contributed by atoms with Gasteiger partial charge < -0.3 is 4.74 Å². The lowest BCUT2D eigenvalue weighted by Crippen LogP contribution is -2.37. The maximum Gasteiger partial charge on any atom is 0.262 e. The van der Waals surface area contributed by atoms with Gasteiger partial charge in [-0.15, -0.1) is 16.4 Å². The van der Waals surface area contributed by atoms with Gasteiger partial charge in [-0.2, -0.15) is 4.98 Å². The molecule has 0 saturated heterocycles. The van der Waals surface area contributed by atoms with Crippen LogP contribution in [0, 0.1) is 0 Å². The number of anilines is 1. The number of ether oxygens (including phenoxy) is 1. The third-order valence-electron chi connectivity index (χ3n) is 4.88. The zero-order valence-corrected chi connectivity index (χ0v) is 17.0. The molecule has 2 aromatic carbocycles. The van der Waals surface area contributed by atoms with E-state index in [0.29, 0.717) is 21.8 Å². The normalized spacial score (nSPS) is 13.0. The first-order valence-corrected chi connectivity index (χ1v) is 10.2. The Morgan fingerprint density at radius 1 is 1.10 bits per heavy atom. The van der Waals surface area contributed by atoms with Crippen molar-refractivity contribution in [3.63, 3.8) is 0 Å². The molecule has 0 radical (unpaired) electrons. The molecule has 0 aliphatic carbocycles. The van der Waals surface area contributed by atoms with E-state index < -0.39 is 24.3 Å². The maximum atomic E-state index is 12.5. The van der Waals surface area contributed by atoms with Crippen LogP contribution in [0.1, 0.15) is 20.7 Å². The molecule has 1 aliphatic rings. The van der Waals surface area contributed by atoms with Crippen LogP contribution in [0.4, 0.5) is 5.95 Å². The molecule has 9 nitrogen and oxygen atoms in total. The predicted octanol–water partition coefficient (Wildman–Crippen LogP) is 2.70. The summed E-state index contributed by atoms with van der Waals surface area (Å²) in [7, 11) is 1.60. The van der Waals surface area contributed by atoms with Crippen molar-refractivity contribution >= 4 is 40.0 Å². The molecule has 4 aromatic rings. The second-order valence-corrected chi connectivity index (χ2v) is 7.61. The number of rotatable bonds is 5. The van der Waals surface area contributed by atoms with Gasteiger partial charge in [-0.25, -0.2) is 4.52 Å². The van der Waals surface area contributed by atoms with E-state index in [2.05, 4.69) is 15.4 Å². The quantitative estimate of drug-likeness (QED) is 0.485. The third-order valence-corrected chi connectivity index (χ3v) is 5.69. The number of imide groups is 1. The molecule has 31 heavy (non-hydrogen) atoms. The van der Waals surface area contributed by atoms with Gasteiger partial charge in [0.15, 0.2) is 0 Å². The van der Waals surface area contributed by atoms with Gasteiger partial charge in [-0.1, -0.05) is 24.3 Å². The number of carbonyl (C=O) groups excluding carboxylic acids is 3. The molecule has 154 valence electrons. The van der Waals surface area contributed by atoms with Crippen LogP contribution in [0.3, 0.4) is 0 Å². The van der Waals surface area contributed by atoms with Gasteiger partial charge in [-0.3, -0.25) is 24.6 Å². The number of fused-ring (bicyclic) bond motifs is 2. The van der Waals surface area contributed by atoms with Gasteiger partial charge in [0, 0.05) is 10.9 Å². The van der Waals surface area contributed by atoms with E-state index in [4.69, 9.17) is 4.74 Å². The van der Waals surface area contributed by atoms with Crippen molar-refractivity contribution in [2.24, 2.45) is 0 Å². The lowest BCUT2D eigenvalue weighted by Gasteiger charge is -2.12. The van der Waals surface area contributed by atoms with Gasteiger partial charge in [0.05, 0.1) is 23.9 Å². The summed E-state index contributed by atoms with van der Waals surface area (Å²) in [5, 5.41) is 8.83. The summed E-state index contributed by atoms with van der Waals surface area (Å²) in [6.07, 6.45) is 0. The Hall–Kier alpha value is -4.05. The first-order valence-electron chi connectivity index (χ1n) is 9.29. The summed E-state index contributed by atoms with van der Waals surface area (Å²) in [4.78, 5) is 43.2. The number of nitrogens with zero attached hydrogens (tertiary/aromatic N) is 4. The SMILES string of the molecule is COc1cccc(-c2csc3nc(NC(=O)CN4C(=O)c5ccccc5C4=O)nn23)c1.